The Morgan fingerprint density at radius 3 is 2.79 bits per heavy atom. The van der Waals surface area contributed by atoms with Gasteiger partial charge in [0.1, 0.15) is 0 Å². The Labute approximate surface area is 148 Å². The van der Waals surface area contributed by atoms with Crippen molar-refractivity contribution >= 4 is 17.7 Å². The number of rotatable bonds is 5. The summed E-state index contributed by atoms with van der Waals surface area (Å²) in [5.41, 5.74) is 2.21. The summed E-state index contributed by atoms with van der Waals surface area (Å²) in [4.78, 5) is 16.7. The lowest BCUT2D eigenvalue weighted by Gasteiger charge is -2.29. The van der Waals surface area contributed by atoms with Crippen molar-refractivity contribution in [2.45, 2.75) is 43.8 Å². The number of aromatic nitrogens is 2. The van der Waals surface area contributed by atoms with Gasteiger partial charge in [0.05, 0.1) is 17.6 Å². The molecular weight excluding hydrogens is 318 g/mol. The molecule has 24 heavy (non-hydrogen) atoms. The van der Waals surface area contributed by atoms with Crippen LogP contribution in [0.3, 0.4) is 0 Å². The van der Waals surface area contributed by atoms with Crippen LogP contribution in [-0.2, 0) is 11.8 Å². The van der Waals surface area contributed by atoms with E-state index in [-0.39, 0.29) is 5.91 Å². The van der Waals surface area contributed by atoms with E-state index in [2.05, 4.69) is 33.9 Å². The largest absolute Gasteiger partial charge is 0.352 e. The van der Waals surface area contributed by atoms with Gasteiger partial charge in [-0.1, -0.05) is 61.9 Å². The average Bonchev–Trinajstić information content (AvgIpc) is 2.97. The molecule has 2 atom stereocenters. The molecule has 0 saturated heterocycles. The zero-order valence-corrected chi connectivity index (χ0v) is 15.2. The second-order valence-electron chi connectivity index (χ2n) is 6.58. The maximum Gasteiger partial charge on any atom is 0.230 e. The molecule has 5 heteroatoms. The van der Waals surface area contributed by atoms with Crippen LogP contribution in [0.5, 0.6) is 0 Å². The number of nitrogens with one attached hydrogen (secondary N) is 1. The van der Waals surface area contributed by atoms with Crippen molar-refractivity contribution in [3.8, 4) is 11.3 Å². The lowest BCUT2D eigenvalue weighted by Crippen LogP contribution is -2.41. The quantitative estimate of drug-likeness (QED) is 0.838. The second kappa shape index (κ2) is 7.88. The maximum absolute atomic E-state index is 12.2. The van der Waals surface area contributed by atoms with E-state index < -0.39 is 0 Å². The van der Waals surface area contributed by atoms with Crippen molar-refractivity contribution in [1.29, 1.82) is 0 Å². The molecule has 2 unspecified atom stereocenters. The minimum atomic E-state index is 0.114. The standard InChI is InChI=1S/C19H25N3OS/c1-14-8-6-7-11-16(14)21-18(23)13-24-19-20-12-17(22(19)2)15-9-4-3-5-10-15/h3-5,9-10,12,14,16H,6-8,11,13H2,1-2H3,(H,21,23). The number of benzene rings is 1. The third-order valence-electron chi connectivity index (χ3n) is 4.81. The SMILES string of the molecule is CC1CCCCC1NC(=O)CSc1ncc(-c2ccccc2)n1C. The monoisotopic (exact) mass is 343 g/mol. The lowest BCUT2D eigenvalue weighted by molar-refractivity contribution is -0.119. The Morgan fingerprint density at radius 2 is 2.04 bits per heavy atom. The average molecular weight is 343 g/mol. The van der Waals surface area contributed by atoms with E-state index in [1.165, 1.54) is 31.0 Å². The van der Waals surface area contributed by atoms with Gasteiger partial charge in [-0.3, -0.25) is 4.79 Å². The van der Waals surface area contributed by atoms with Crippen LogP contribution in [-0.4, -0.2) is 27.3 Å². The molecule has 1 N–H and O–H groups in total. The van der Waals surface area contributed by atoms with Crippen LogP contribution in [0.25, 0.3) is 11.3 Å². The number of hydrogen-bond acceptors (Lipinski definition) is 3. The topological polar surface area (TPSA) is 46.9 Å². The summed E-state index contributed by atoms with van der Waals surface area (Å²) in [5.74, 6) is 1.12. The van der Waals surface area contributed by atoms with E-state index in [1.54, 1.807) is 0 Å². The van der Waals surface area contributed by atoms with Crippen LogP contribution in [0, 0.1) is 5.92 Å². The van der Waals surface area contributed by atoms with Crippen molar-refractivity contribution in [1.82, 2.24) is 14.9 Å². The number of carbonyl (C=O) groups excluding carboxylic acids is 1. The summed E-state index contributed by atoms with van der Waals surface area (Å²) in [7, 11) is 2.00. The van der Waals surface area contributed by atoms with Crippen LogP contribution < -0.4 is 5.32 Å². The van der Waals surface area contributed by atoms with E-state index in [1.807, 2.05) is 31.4 Å². The van der Waals surface area contributed by atoms with Crippen LogP contribution in [0.4, 0.5) is 0 Å². The normalized spacial score (nSPS) is 20.8. The van der Waals surface area contributed by atoms with Gasteiger partial charge < -0.3 is 9.88 Å². The summed E-state index contributed by atoms with van der Waals surface area (Å²) in [6, 6.07) is 10.5. The molecule has 4 nitrogen and oxygen atoms in total. The number of carbonyl (C=O) groups is 1. The second-order valence-corrected chi connectivity index (χ2v) is 7.52. The molecular formula is C19H25N3OS. The van der Waals surface area contributed by atoms with Gasteiger partial charge >= 0.3 is 0 Å². The smallest absolute Gasteiger partial charge is 0.230 e. The summed E-state index contributed by atoms with van der Waals surface area (Å²) in [6.07, 6.45) is 6.72. The Hall–Kier alpha value is -1.75. The van der Waals surface area contributed by atoms with E-state index in [9.17, 15) is 4.79 Å². The first-order valence-electron chi connectivity index (χ1n) is 8.64. The number of hydrogen-bond donors (Lipinski definition) is 1. The van der Waals surface area contributed by atoms with Crippen molar-refractivity contribution in [2.75, 3.05) is 5.75 Å². The van der Waals surface area contributed by atoms with Gasteiger partial charge in [0.15, 0.2) is 5.16 Å². The van der Waals surface area contributed by atoms with E-state index in [4.69, 9.17) is 0 Å². The molecule has 2 aromatic rings. The van der Waals surface area contributed by atoms with E-state index in [0.29, 0.717) is 17.7 Å². The highest BCUT2D eigenvalue weighted by molar-refractivity contribution is 7.99. The Kier molecular flexibility index (Phi) is 5.61. The first-order valence-corrected chi connectivity index (χ1v) is 9.63. The molecule has 1 saturated carbocycles. The lowest BCUT2D eigenvalue weighted by atomic mass is 9.86. The Balaban J connectivity index is 1.57. The van der Waals surface area contributed by atoms with Crippen LogP contribution in [0.1, 0.15) is 32.6 Å². The molecule has 1 aromatic heterocycles. The molecule has 1 aliphatic carbocycles. The van der Waals surface area contributed by atoms with Crippen LogP contribution in [0.15, 0.2) is 41.7 Å². The molecule has 128 valence electrons. The molecule has 1 heterocycles. The number of thioether (sulfide) groups is 1. The summed E-state index contributed by atoms with van der Waals surface area (Å²) in [5, 5.41) is 4.08. The zero-order valence-electron chi connectivity index (χ0n) is 14.4. The molecule has 0 bridgehead atoms. The highest BCUT2D eigenvalue weighted by Gasteiger charge is 2.23. The summed E-state index contributed by atoms with van der Waals surface area (Å²) in [6.45, 7) is 2.24. The van der Waals surface area contributed by atoms with Gasteiger partial charge in [0, 0.05) is 13.1 Å². The minimum Gasteiger partial charge on any atom is -0.352 e. The van der Waals surface area contributed by atoms with Gasteiger partial charge in [-0.25, -0.2) is 4.98 Å². The van der Waals surface area contributed by atoms with Crippen molar-refractivity contribution < 1.29 is 4.79 Å². The molecule has 3 rings (SSSR count). The predicted octanol–water partition coefficient (Wildman–Crippen LogP) is 3.87. The predicted molar refractivity (Wildman–Crippen MR) is 98.9 cm³/mol. The molecule has 0 aliphatic heterocycles. The van der Waals surface area contributed by atoms with Crippen molar-refractivity contribution in [3.63, 3.8) is 0 Å². The van der Waals surface area contributed by atoms with Gasteiger partial charge in [-0.15, -0.1) is 0 Å². The number of nitrogens with zero attached hydrogens (tertiary/aromatic N) is 2. The molecule has 0 radical (unpaired) electrons. The molecule has 1 aromatic carbocycles. The van der Waals surface area contributed by atoms with Gasteiger partial charge in [0.2, 0.25) is 5.91 Å². The van der Waals surface area contributed by atoms with Gasteiger partial charge in [0.25, 0.3) is 0 Å². The molecule has 1 fully saturated rings. The zero-order chi connectivity index (χ0) is 16.9. The van der Waals surface area contributed by atoms with Crippen molar-refractivity contribution in [3.05, 3.63) is 36.5 Å². The summed E-state index contributed by atoms with van der Waals surface area (Å²) >= 11 is 1.50. The number of imidazole rings is 1. The number of amides is 1. The Morgan fingerprint density at radius 1 is 1.29 bits per heavy atom. The highest BCUT2D eigenvalue weighted by atomic mass is 32.2. The van der Waals surface area contributed by atoms with Gasteiger partial charge in [-0.05, 0) is 24.3 Å². The van der Waals surface area contributed by atoms with Gasteiger partial charge in [-0.2, -0.15) is 0 Å². The van der Waals surface area contributed by atoms with E-state index in [0.717, 1.165) is 22.8 Å². The fraction of sp³-hybridized carbons (Fsp3) is 0.474. The van der Waals surface area contributed by atoms with Crippen LogP contribution >= 0.6 is 11.8 Å². The molecule has 1 amide bonds. The summed E-state index contributed by atoms with van der Waals surface area (Å²) < 4.78 is 2.05. The van der Waals surface area contributed by atoms with Crippen LogP contribution in [0.2, 0.25) is 0 Å². The fourth-order valence-electron chi connectivity index (χ4n) is 3.31. The minimum absolute atomic E-state index is 0.114. The third-order valence-corrected chi connectivity index (χ3v) is 5.85. The maximum atomic E-state index is 12.2. The fourth-order valence-corrected chi connectivity index (χ4v) is 4.08. The third kappa shape index (κ3) is 4.01. The van der Waals surface area contributed by atoms with Crippen molar-refractivity contribution in [2.24, 2.45) is 13.0 Å². The highest BCUT2D eigenvalue weighted by Crippen LogP contribution is 2.26. The first kappa shape index (κ1) is 17.1. The Bertz CT molecular complexity index is 683. The van der Waals surface area contributed by atoms with E-state index >= 15 is 0 Å². The molecule has 1 aliphatic rings. The first-order chi connectivity index (χ1) is 11.6. The molecule has 0 spiro atoms.